The second kappa shape index (κ2) is 17.3. The van der Waals surface area contributed by atoms with Crippen molar-refractivity contribution in [1.29, 1.82) is 0 Å². The second-order valence-electron chi connectivity index (χ2n) is 8.30. The minimum absolute atomic E-state index is 0. The van der Waals surface area contributed by atoms with Crippen molar-refractivity contribution in [1.82, 2.24) is 10.6 Å². The fourth-order valence-corrected chi connectivity index (χ4v) is 4.28. The van der Waals surface area contributed by atoms with E-state index in [1.165, 1.54) is 7.11 Å². The Morgan fingerprint density at radius 2 is 1.31 bits per heavy atom. The fourth-order valence-electron chi connectivity index (χ4n) is 4.28. The molecule has 2 fully saturated rings. The Morgan fingerprint density at radius 3 is 1.72 bits per heavy atom. The molecule has 2 rings (SSSR count). The predicted octanol–water partition coefficient (Wildman–Crippen LogP) is 0.109. The number of hydrogen-bond donors (Lipinski definition) is 7. The third-order valence-corrected chi connectivity index (χ3v) is 5.94. The largest absolute Gasteiger partial charge is 0.481 e. The summed E-state index contributed by atoms with van der Waals surface area (Å²) in [4.78, 5) is 22.4. The normalized spacial score (nSPS) is 24.9. The highest BCUT2D eigenvalue weighted by Gasteiger charge is 2.31. The predicted molar refractivity (Wildman–Crippen MR) is 124 cm³/mol. The lowest BCUT2D eigenvalue weighted by Gasteiger charge is -2.30. The van der Waals surface area contributed by atoms with E-state index in [1.807, 2.05) is 0 Å². The van der Waals surface area contributed by atoms with Crippen LogP contribution in [0.4, 0.5) is 0 Å². The molecule has 0 aromatic rings. The van der Waals surface area contributed by atoms with Crippen LogP contribution in [0.15, 0.2) is 0 Å². The van der Waals surface area contributed by atoms with Gasteiger partial charge in [0, 0.05) is 12.1 Å². The quantitative estimate of drug-likeness (QED) is 0.176. The standard InChI is InChI=1S/C10H20BNO4.C9H18BNO4.CH4/c1-16-10(13)8-4-3-7-12-9(8)5-2-6-11(14)15;12-9(13)7-3-2-6-11-8(7)4-1-5-10(14)15;/h8-9,12,14-15H,2-7H2,1H3;7-8,11,14-15H,1-6H2,(H,12,13);1H4. The van der Waals surface area contributed by atoms with Gasteiger partial charge in [0.2, 0.25) is 0 Å². The van der Waals surface area contributed by atoms with Crippen molar-refractivity contribution < 1.29 is 39.5 Å². The van der Waals surface area contributed by atoms with Crippen molar-refractivity contribution in [3.05, 3.63) is 0 Å². The SMILES string of the molecule is C.COC(=O)C1CCCNC1CCCB(O)O.O=C(O)C1CCCNC1CCCB(O)O. The number of carbonyl (C=O) groups is 2. The Hall–Kier alpha value is -1.17. The lowest BCUT2D eigenvalue weighted by atomic mass is 9.80. The molecule has 0 aromatic heterocycles. The molecule has 0 aliphatic carbocycles. The number of methoxy groups -OCH3 is 1. The van der Waals surface area contributed by atoms with Crippen LogP contribution in [0.5, 0.6) is 0 Å². The van der Waals surface area contributed by atoms with Gasteiger partial charge in [-0.2, -0.15) is 0 Å². The topological polar surface area (TPSA) is 169 Å². The molecule has 4 unspecified atom stereocenters. The van der Waals surface area contributed by atoms with Crippen LogP contribution in [0.3, 0.4) is 0 Å². The van der Waals surface area contributed by atoms with Gasteiger partial charge in [-0.15, -0.1) is 0 Å². The summed E-state index contributed by atoms with van der Waals surface area (Å²) in [5, 5.41) is 50.3. The van der Waals surface area contributed by atoms with Crippen LogP contribution >= 0.6 is 0 Å². The first-order valence-corrected chi connectivity index (χ1v) is 11.3. The average Bonchev–Trinajstić information content (AvgIpc) is 2.74. The van der Waals surface area contributed by atoms with Crippen molar-refractivity contribution in [2.24, 2.45) is 11.8 Å². The third kappa shape index (κ3) is 12.2. The Balaban J connectivity index is 0.000000584. The summed E-state index contributed by atoms with van der Waals surface area (Å²) in [5.74, 6) is -1.33. The Labute approximate surface area is 192 Å². The molecule has 0 bridgehead atoms. The molecular weight excluding hydrogens is 418 g/mol. The van der Waals surface area contributed by atoms with Crippen LogP contribution in [0.2, 0.25) is 12.6 Å². The summed E-state index contributed by atoms with van der Waals surface area (Å²) in [7, 11) is -1.12. The number of piperidine rings is 2. The van der Waals surface area contributed by atoms with Crippen LogP contribution in [0, 0.1) is 11.8 Å². The van der Waals surface area contributed by atoms with Crippen molar-refractivity contribution >= 4 is 26.2 Å². The first-order valence-electron chi connectivity index (χ1n) is 11.3. The average molecular weight is 460 g/mol. The van der Waals surface area contributed by atoms with Crippen LogP contribution in [0.25, 0.3) is 0 Å². The van der Waals surface area contributed by atoms with E-state index in [4.69, 9.17) is 29.9 Å². The van der Waals surface area contributed by atoms with E-state index in [-0.39, 0.29) is 37.3 Å². The van der Waals surface area contributed by atoms with Crippen LogP contribution in [0.1, 0.15) is 58.8 Å². The first-order chi connectivity index (χ1) is 14.8. The monoisotopic (exact) mass is 460 g/mol. The Bertz CT molecular complexity index is 528. The van der Waals surface area contributed by atoms with Crippen LogP contribution in [-0.4, -0.2) is 83.7 Å². The lowest BCUT2D eigenvalue weighted by molar-refractivity contribution is -0.147. The molecule has 4 atom stereocenters. The molecule has 0 aromatic carbocycles. The van der Waals surface area contributed by atoms with Gasteiger partial charge in [-0.25, -0.2) is 0 Å². The molecule has 2 aliphatic rings. The first kappa shape index (κ1) is 30.8. The van der Waals surface area contributed by atoms with E-state index in [9.17, 15) is 9.59 Å². The van der Waals surface area contributed by atoms with Gasteiger partial charge in [0.05, 0.1) is 18.9 Å². The summed E-state index contributed by atoms with van der Waals surface area (Å²) in [6, 6.07) is 0.0925. The maximum absolute atomic E-state index is 11.5. The summed E-state index contributed by atoms with van der Waals surface area (Å²) in [6.07, 6.45) is 6.92. The number of hydrogen-bond acceptors (Lipinski definition) is 9. The molecule has 12 heteroatoms. The molecule has 10 nitrogen and oxygen atoms in total. The molecule has 0 spiro atoms. The van der Waals surface area contributed by atoms with Crippen LogP contribution < -0.4 is 10.6 Å². The van der Waals surface area contributed by atoms with E-state index in [2.05, 4.69) is 10.6 Å². The maximum Gasteiger partial charge on any atom is 0.451 e. The van der Waals surface area contributed by atoms with Gasteiger partial charge < -0.3 is 40.6 Å². The highest BCUT2D eigenvalue weighted by Crippen LogP contribution is 2.22. The van der Waals surface area contributed by atoms with Gasteiger partial charge in [-0.1, -0.05) is 20.3 Å². The molecule has 0 amide bonds. The zero-order valence-electron chi connectivity index (χ0n) is 18.4. The van der Waals surface area contributed by atoms with E-state index in [0.29, 0.717) is 38.3 Å². The van der Waals surface area contributed by atoms with Gasteiger partial charge in [0.25, 0.3) is 0 Å². The van der Waals surface area contributed by atoms with Gasteiger partial charge >= 0.3 is 26.2 Å². The summed E-state index contributed by atoms with van der Waals surface area (Å²) in [6.45, 7) is 1.77. The number of esters is 1. The van der Waals surface area contributed by atoms with E-state index < -0.39 is 20.2 Å². The smallest absolute Gasteiger partial charge is 0.451 e. The minimum atomic E-state index is -1.28. The zero-order valence-corrected chi connectivity index (χ0v) is 18.4. The Morgan fingerprint density at radius 1 is 0.875 bits per heavy atom. The van der Waals surface area contributed by atoms with Gasteiger partial charge in [0.15, 0.2) is 0 Å². The minimum Gasteiger partial charge on any atom is -0.481 e. The summed E-state index contributed by atoms with van der Waals surface area (Å²) in [5.41, 5.74) is 0. The number of carbonyl (C=O) groups excluding carboxylic acids is 1. The van der Waals surface area contributed by atoms with E-state index in [0.717, 1.165) is 38.8 Å². The van der Waals surface area contributed by atoms with Gasteiger partial charge in [0.1, 0.15) is 0 Å². The van der Waals surface area contributed by atoms with Gasteiger partial charge in [-0.3, -0.25) is 9.59 Å². The molecule has 186 valence electrons. The van der Waals surface area contributed by atoms with Crippen molar-refractivity contribution in [2.75, 3.05) is 20.2 Å². The van der Waals surface area contributed by atoms with E-state index in [1.54, 1.807) is 0 Å². The highest BCUT2D eigenvalue weighted by molar-refractivity contribution is 6.41. The molecule has 32 heavy (non-hydrogen) atoms. The third-order valence-electron chi connectivity index (χ3n) is 5.94. The molecular formula is C20H42B2N2O8. The number of aliphatic carboxylic acids is 1. The Kier molecular flexibility index (Phi) is 16.7. The fraction of sp³-hybridized carbons (Fsp3) is 0.900. The number of carboxylic acids is 1. The van der Waals surface area contributed by atoms with Crippen molar-refractivity contribution in [2.45, 2.75) is 83.5 Å². The maximum atomic E-state index is 11.5. The van der Waals surface area contributed by atoms with Crippen LogP contribution in [-0.2, 0) is 14.3 Å². The highest BCUT2D eigenvalue weighted by atomic mass is 16.5. The summed E-state index contributed by atoms with van der Waals surface area (Å²) < 4.78 is 4.77. The molecule has 2 heterocycles. The molecule has 0 saturated carbocycles. The molecule has 7 N–H and O–H groups in total. The number of carboxylic acid groups (broad SMARTS) is 1. The van der Waals surface area contributed by atoms with E-state index >= 15 is 0 Å². The molecule has 2 aliphatic heterocycles. The van der Waals surface area contributed by atoms with Crippen molar-refractivity contribution in [3.8, 4) is 0 Å². The number of rotatable bonds is 10. The zero-order chi connectivity index (χ0) is 23.2. The number of ether oxygens (including phenoxy) is 1. The van der Waals surface area contributed by atoms with Crippen molar-refractivity contribution in [3.63, 3.8) is 0 Å². The molecule has 0 radical (unpaired) electrons. The second-order valence-corrected chi connectivity index (χ2v) is 8.30. The lowest BCUT2D eigenvalue weighted by Crippen LogP contribution is -2.45. The summed E-state index contributed by atoms with van der Waals surface area (Å²) >= 11 is 0. The molecule has 2 saturated heterocycles. The number of nitrogens with one attached hydrogen (secondary N) is 2. The van der Waals surface area contributed by atoms with Gasteiger partial charge in [-0.05, 0) is 64.3 Å².